The second-order valence-electron chi connectivity index (χ2n) is 4.40. The Kier molecular flexibility index (Phi) is 2.12. The Balaban J connectivity index is 2.05. The molecule has 1 fully saturated rings. The molecule has 0 aliphatic carbocycles. The number of nitrogens with one attached hydrogen (secondary N) is 1. The third kappa shape index (κ3) is 1.92. The van der Waals surface area contributed by atoms with Gasteiger partial charge >= 0.3 is 0 Å². The topological polar surface area (TPSA) is 12.0 Å². The van der Waals surface area contributed by atoms with Gasteiger partial charge in [-0.2, -0.15) is 0 Å². The van der Waals surface area contributed by atoms with Gasteiger partial charge in [-0.1, -0.05) is 29.8 Å². The summed E-state index contributed by atoms with van der Waals surface area (Å²) in [5.41, 5.74) is 3.16. The van der Waals surface area contributed by atoms with Crippen LogP contribution in [0.4, 0.5) is 0 Å². The molecular formula is C12H17N. The van der Waals surface area contributed by atoms with E-state index in [0.29, 0.717) is 5.54 Å². The lowest BCUT2D eigenvalue weighted by atomic mass is 9.84. The fourth-order valence-electron chi connectivity index (χ4n) is 1.86. The Morgan fingerprint density at radius 2 is 1.92 bits per heavy atom. The minimum atomic E-state index is 0.370. The van der Waals surface area contributed by atoms with E-state index < -0.39 is 0 Å². The van der Waals surface area contributed by atoms with E-state index in [9.17, 15) is 0 Å². The van der Waals surface area contributed by atoms with Gasteiger partial charge in [-0.3, -0.25) is 0 Å². The van der Waals surface area contributed by atoms with Crippen LogP contribution in [0.25, 0.3) is 0 Å². The number of hydrogen-bond acceptors (Lipinski definition) is 1. The van der Waals surface area contributed by atoms with Crippen molar-refractivity contribution in [2.75, 3.05) is 6.54 Å². The number of aryl methyl sites for hydroxylation is 1. The van der Waals surface area contributed by atoms with Gasteiger partial charge in [0.2, 0.25) is 0 Å². The molecule has 2 rings (SSSR count). The van der Waals surface area contributed by atoms with Gasteiger partial charge in [0.25, 0.3) is 0 Å². The molecule has 1 heterocycles. The third-order valence-electron chi connectivity index (χ3n) is 2.94. The molecule has 0 amide bonds. The Hall–Kier alpha value is -0.820. The van der Waals surface area contributed by atoms with E-state index in [0.717, 1.165) is 6.42 Å². The molecule has 13 heavy (non-hydrogen) atoms. The van der Waals surface area contributed by atoms with Crippen molar-refractivity contribution in [2.45, 2.75) is 32.2 Å². The van der Waals surface area contributed by atoms with E-state index in [4.69, 9.17) is 0 Å². The zero-order valence-corrected chi connectivity index (χ0v) is 8.43. The third-order valence-corrected chi connectivity index (χ3v) is 2.94. The Bertz CT molecular complexity index is 282. The Morgan fingerprint density at radius 3 is 2.38 bits per heavy atom. The normalized spacial score (nSPS) is 26.9. The molecule has 0 aromatic heterocycles. The van der Waals surface area contributed by atoms with Crippen LogP contribution in [0.2, 0.25) is 0 Å². The largest absolute Gasteiger partial charge is 0.311 e. The molecule has 1 aliphatic rings. The van der Waals surface area contributed by atoms with Crippen LogP contribution in [-0.2, 0) is 6.42 Å². The molecule has 1 nitrogen and oxygen atoms in total. The Morgan fingerprint density at radius 1 is 1.31 bits per heavy atom. The average Bonchev–Trinajstić information content (AvgIpc) is 2.06. The van der Waals surface area contributed by atoms with Crippen molar-refractivity contribution < 1.29 is 0 Å². The number of rotatable bonds is 2. The summed E-state index contributed by atoms with van der Waals surface area (Å²) in [6.45, 7) is 5.62. The van der Waals surface area contributed by atoms with E-state index in [-0.39, 0.29) is 0 Å². The lowest BCUT2D eigenvalue weighted by molar-refractivity contribution is 0.231. The van der Waals surface area contributed by atoms with Crippen LogP contribution >= 0.6 is 0 Å². The molecule has 1 aromatic carbocycles. The molecule has 1 N–H and O–H groups in total. The van der Waals surface area contributed by atoms with Gasteiger partial charge in [0.1, 0.15) is 0 Å². The maximum absolute atomic E-state index is 3.48. The average molecular weight is 175 g/mol. The molecule has 1 saturated heterocycles. The predicted octanol–water partition coefficient (Wildman–Crippen LogP) is 2.29. The quantitative estimate of drug-likeness (QED) is 0.727. The molecule has 1 aliphatic heterocycles. The summed E-state index contributed by atoms with van der Waals surface area (Å²) in [6, 6.07) is 8.86. The highest BCUT2D eigenvalue weighted by molar-refractivity contribution is 5.23. The number of benzene rings is 1. The molecule has 0 radical (unpaired) electrons. The van der Waals surface area contributed by atoms with E-state index in [2.05, 4.69) is 43.4 Å². The van der Waals surface area contributed by atoms with Gasteiger partial charge < -0.3 is 5.32 Å². The van der Waals surface area contributed by atoms with Crippen LogP contribution < -0.4 is 5.32 Å². The minimum absolute atomic E-state index is 0.370. The molecule has 0 spiro atoms. The molecule has 1 unspecified atom stereocenters. The summed E-state index contributed by atoms with van der Waals surface area (Å²) < 4.78 is 0. The molecule has 70 valence electrons. The predicted molar refractivity (Wildman–Crippen MR) is 55.9 cm³/mol. The summed E-state index contributed by atoms with van der Waals surface area (Å²) in [5.74, 6) is 0. The summed E-state index contributed by atoms with van der Waals surface area (Å²) in [5, 5.41) is 3.48. The smallest absolute Gasteiger partial charge is 0.0205 e. The van der Waals surface area contributed by atoms with Gasteiger partial charge in [0.05, 0.1) is 0 Å². The van der Waals surface area contributed by atoms with Gasteiger partial charge in [0.15, 0.2) is 0 Å². The van der Waals surface area contributed by atoms with Gasteiger partial charge in [-0.05, 0) is 38.8 Å². The molecule has 0 bridgehead atoms. The van der Waals surface area contributed by atoms with Crippen molar-refractivity contribution in [3.63, 3.8) is 0 Å². The van der Waals surface area contributed by atoms with Crippen molar-refractivity contribution in [3.8, 4) is 0 Å². The maximum Gasteiger partial charge on any atom is 0.0205 e. The first-order valence-corrected chi connectivity index (χ1v) is 4.99. The van der Waals surface area contributed by atoms with Crippen molar-refractivity contribution in [1.82, 2.24) is 5.32 Å². The van der Waals surface area contributed by atoms with Crippen LogP contribution in [0.3, 0.4) is 0 Å². The van der Waals surface area contributed by atoms with Crippen LogP contribution in [0.15, 0.2) is 24.3 Å². The van der Waals surface area contributed by atoms with Gasteiger partial charge in [-0.25, -0.2) is 0 Å². The highest BCUT2D eigenvalue weighted by Gasteiger charge is 2.30. The van der Waals surface area contributed by atoms with Gasteiger partial charge in [0, 0.05) is 5.54 Å². The fraction of sp³-hybridized carbons (Fsp3) is 0.500. The van der Waals surface area contributed by atoms with Crippen LogP contribution in [0.1, 0.15) is 24.5 Å². The molecule has 1 aromatic rings. The first-order valence-electron chi connectivity index (χ1n) is 4.99. The van der Waals surface area contributed by atoms with Crippen molar-refractivity contribution in [2.24, 2.45) is 0 Å². The van der Waals surface area contributed by atoms with Gasteiger partial charge in [-0.15, -0.1) is 0 Å². The van der Waals surface area contributed by atoms with E-state index >= 15 is 0 Å². The lowest BCUT2D eigenvalue weighted by Crippen LogP contribution is -2.55. The van der Waals surface area contributed by atoms with Crippen molar-refractivity contribution in [1.29, 1.82) is 0 Å². The van der Waals surface area contributed by atoms with E-state index in [1.807, 2.05) is 0 Å². The van der Waals surface area contributed by atoms with E-state index in [1.165, 1.54) is 24.1 Å². The second kappa shape index (κ2) is 3.15. The highest BCUT2D eigenvalue weighted by atomic mass is 15.0. The zero-order chi connectivity index (χ0) is 9.31. The summed E-state index contributed by atoms with van der Waals surface area (Å²) in [6.07, 6.45) is 2.47. The summed E-state index contributed by atoms with van der Waals surface area (Å²) in [7, 11) is 0. The maximum atomic E-state index is 3.48. The monoisotopic (exact) mass is 175 g/mol. The summed E-state index contributed by atoms with van der Waals surface area (Å²) >= 11 is 0. The highest BCUT2D eigenvalue weighted by Crippen LogP contribution is 2.23. The van der Waals surface area contributed by atoms with E-state index in [1.54, 1.807) is 0 Å². The zero-order valence-electron chi connectivity index (χ0n) is 8.43. The molecule has 0 saturated carbocycles. The van der Waals surface area contributed by atoms with Crippen molar-refractivity contribution in [3.05, 3.63) is 35.4 Å². The number of hydrogen-bond donors (Lipinski definition) is 1. The van der Waals surface area contributed by atoms with Crippen molar-refractivity contribution >= 4 is 0 Å². The molecular weight excluding hydrogens is 158 g/mol. The lowest BCUT2D eigenvalue weighted by Gasteiger charge is -2.40. The van der Waals surface area contributed by atoms with Crippen LogP contribution in [0, 0.1) is 6.92 Å². The molecule has 1 atom stereocenters. The molecule has 1 heteroatoms. The fourth-order valence-corrected chi connectivity index (χ4v) is 1.86. The first-order chi connectivity index (χ1) is 6.18. The summed E-state index contributed by atoms with van der Waals surface area (Å²) in [4.78, 5) is 0. The standard InChI is InChI=1S/C12H17N/c1-10-3-5-11(6-4-10)9-12(2)7-8-13-12/h3-6,13H,7-9H2,1-2H3. The Labute approximate surface area is 80.2 Å². The first kappa shape index (κ1) is 8.76. The minimum Gasteiger partial charge on any atom is -0.311 e. The second-order valence-corrected chi connectivity index (χ2v) is 4.40. The van der Waals surface area contributed by atoms with Crippen LogP contribution in [0.5, 0.6) is 0 Å². The van der Waals surface area contributed by atoms with Crippen LogP contribution in [-0.4, -0.2) is 12.1 Å². The SMILES string of the molecule is Cc1ccc(CC2(C)CCN2)cc1.